The molecule has 7 nitrogen and oxygen atoms in total. The number of carbonyl (C=O) groups is 2. The average molecular weight is 442 g/mol. The first-order chi connectivity index (χ1) is 15.0. The van der Waals surface area contributed by atoms with E-state index in [1.165, 1.54) is 12.1 Å². The Morgan fingerprint density at radius 2 is 1.84 bits per heavy atom. The van der Waals surface area contributed by atoms with Gasteiger partial charge in [-0.1, -0.05) is 12.1 Å². The van der Waals surface area contributed by atoms with Crippen LogP contribution in [0.3, 0.4) is 0 Å². The van der Waals surface area contributed by atoms with Crippen LogP contribution in [0.25, 0.3) is 6.08 Å². The first kappa shape index (κ1) is 21.5. The van der Waals surface area contributed by atoms with Crippen LogP contribution in [0.4, 0.5) is 15.1 Å². The van der Waals surface area contributed by atoms with E-state index in [1.54, 1.807) is 18.3 Å². The Labute approximate surface area is 184 Å². The number of hydrogen-bond acceptors (Lipinski definition) is 7. The molecule has 0 radical (unpaired) electrons. The number of nitrogens with zero attached hydrogens (tertiary/aromatic N) is 2. The molecule has 2 amide bonds. The lowest BCUT2D eigenvalue weighted by Gasteiger charge is -2.29. The molecule has 31 heavy (non-hydrogen) atoms. The zero-order chi connectivity index (χ0) is 21.6. The fourth-order valence-corrected chi connectivity index (χ4v) is 4.44. The number of aromatic nitrogens is 2. The van der Waals surface area contributed by atoms with Gasteiger partial charge in [-0.25, -0.2) is 14.4 Å². The summed E-state index contributed by atoms with van der Waals surface area (Å²) in [6, 6.07) is 9.14. The Morgan fingerprint density at radius 3 is 2.55 bits per heavy atom. The van der Waals surface area contributed by atoms with Crippen LogP contribution >= 0.6 is 11.8 Å². The van der Waals surface area contributed by atoms with Gasteiger partial charge in [-0.15, -0.1) is 0 Å². The highest BCUT2D eigenvalue weighted by Crippen LogP contribution is 2.25. The Bertz CT molecular complexity index is 974. The number of anilines is 1. The summed E-state index contributed by atoms with van der Waals surface area (Å²) in [4.78, 5) is 32.0. The molecule has 1 saturated heterocycles. The molecule has 3 N–H and O–H groups in total. The van der Waals surface area contributed by atoms with E-state index >= 15 is 0 Å². The van der Waals surface area contributed by atoms with Crippen LogP contribution in [-0.4, -0.2) is 39.7 Å². The van der Waals surface area contributed by atoms with E-state index in [1.807, 2.05) is 12.1 Å². The Hall–Kier alpha value is -2.78. The number of nitrogens with one attached hydrogen (secondary N) is 3. The second-order valence-electron chi connectivity index (χ2n) is 7.68. The van der Waals surface area contributed by atoms with Crippen LogP contribution in [0, 0.1) is 5.82 Å². The molecule has 1 saturated carbocycles. The van der Waals surface area contributed by atoms with E-state index in [4.69, 9.17) is 0 Å². The van der Waals surface area contributed by atoms with Crippen LogP contribution in [0.1, 0.15) is 36.9 Å². The maximum Gasteiger partial charge on any atom is 0.290 e. The van der Waals surface area contributed by atoms with E-state index in [0.29, 0.717) is 28.6 Å². The number of thioether (sulfide) groups is 1. The van der Waals surface area contributed by atoms with Crippen molar-refractivity contribution in [1.82, 2.24) is 20.6 Å². The molecule has 2 aliphatic rings. The summed E-state index contributed by atoms with van der Waals surface area (Å²) < 4.78 is 13.0. The predicted octanol–water partition coefficient (Wildman–Crippen LogP) is 3.50. The summed E-state index contributed by atoms with van der Waals surface area (Å²) in [6.07, 6.45) is 8.26. The number of rotatable bonds is 7. The number of amides is 2. The lowest BCUT2D eigenvalue weighted by molar-refractivity contribution is -0.115. The molecule has 2 aromatic rings. The minimum absolute atomic E-state index is 0.202. The Balaban J connectivity index is 1.23. The summed E-state index contributed by atoms with van der Waals surface area (Å²) in [6.45, 7) is 0.877. The van der Waals surface area contributed by atoms with Crippen molar-refractivity contribution >= 4 is 34.9 Å². The highest BCUT2D eigenvalue weighted by Gasteiger charge is 2.25. The van der Waals surface area contributed by atoms with Gasteiger partial charge in [0.15, 0.2) is 0 Å². The molecule has 0 spiro atoms. The summed E-state index contributed by atoms with van der Waals surface area (Å²) in [5.74, 6) is -0.0723. The maximum atomic E-state index is 13.0. The van der Waals surface area contributed by atoms with Gasteiger partial charge in [-0.2, -0.15) is 0 Å². The molecule has 2 fully saturated rings. The topological polar surface area (TPSA) is 96.0 Å². The lowest BCUT2D eigenvalue weighted by Crippen LogP contribution is -2.38. The van der Waals surface area contributed by atoms with Gasteiger partial charge >= 0.3 is 0 Å². The van der Waals surface area contributed by atoms with Gasteiger partial charge in [-0.05, 0) is 80.2 Å². The van der Waals surface area contributed by atoms with Gasteiger partial charge in [-0.3, -0.25) is 14.9 Å². The number of hydrogen-bond donors (Lipinski definition) is 3. The molecule has 1 aromatic heterocycles. The smallest absolute Gasteiger partial charge is 0.290 e. The molecule has 9 heteroatoms. The van der Waals surface area contributed by atoms with Crippen molar-refractivity contribution < 1.29 is 14.0 Å². The largest absolute Gasteiger partial charge is 0.351 e. The highest BCUT2D eigenvalue weighted by atomic mass is 32.2. The van der Waals surface area contributed by atoms with Crippen LogP contribution in [0.2, 0.25) is 0 Å². The predicted molar refractivity (Wildman–Crippen MR) is 119 cm³/mol. The molecule has 0 unspecified atom stereocenters. The molecular weight excluding hydrogens is 417 g/mol. The van der Waals surface area contributed by atoms with E-state index in [-0.39, 0.29) is 11.1 Å². The van der Waals surface area contributed by atoms with E-state index in [2.05, 4.69) is 25.9 Å². The van der Waals surface area contributed by atoms with Crippen molar-refractivity contribution in [2.45, 2.75) is 44.2 Å². The molecule has 0 bridgehead atoms. The second-order valence-corrected chi connectivity index (χ2v) is 8.70. The maximum absolute atomic E-state index is 13.0. The number of imide groups is 1. The van der Waals surface area contributed by atoms with Crippen LogP contribution in [0.15, 0.2) is 41.4 Å². The fourth-order valence-electron chi connectivity index (χ4n) is 3.77. The second kappa shape index (κ2) is 10.0. The van der Waals surface area contributed by atoms with Gasteiger partial charge in [0.2, 0.25) is 5.95 Å². The Morgan fingerprint density at radius 1 is 1.10 bits per heavy atom. The normalized spacial score (nSPS) is 22.5. The van der Waals surface area contributed by atoms with Gasteiger partial charge in [0, 0.05) is 18.3 Å². The van der Waals surface area contributed by atoms with Crippen molar-refractivity contribution in [1.29, 1.82) is 0 Å². The SMILES string of the molecule is O=C1NC(=O)/C(=C/c2ccnc(N[C@H]3CC[C@H](NCCc4ccc(F)cc4)CC3)n2)S1. The number of benzene rings is 1. The monoisotopic (exact) mass is 441 g/mol. The van der Waals surface area contributed by atoms with Gasteiger partial charge in [0.25, 0.3) is 11.1 Å². The average Bonchev–Trinajstić information content (AvgIpc) is 3.07. The van der Waals surface area contributed by atoms with E-state index in [9.17, 15) is 14.0 Å². The van der Waals surface area contributed by atoms with Gasteiger partial charge in [0.1, 0.15) is 5.82 Å². The zero-order valence-electron chi connectivity index (χ0n) is 16.9. The van der Waals surface area contributed by atoms with Crippen molar-refractivity contribution in [3.8, 4) is 0 Å². The quantitative estimate of drug-likeness (QED) is 0.566. The number of carbonyl (C=O) groups excluding carboxylic acids is 2. The number of halogens is 1. The first-order valence-corrected chi connectivity index (χ1v) is 11.2. The molecule has 1 aliphatic heterocycles. The minimum atomic E-state index is -0.395. The van der Waals surface area contributed by atoms with Crippen molar-refractivity contribution in [2.75, 3.05) is 11.9 Å². The van der Waals surface area contributed by atoms with Crippen LogP contribution < -0.4 is 16.0 Å². The summed E-state index contributed by atoms with van der Waals surface area (Å²) >= 11 is 0.873. The van der Waals surface area contributed by atoms with Crippen molar-refractivity contribution in [3.05, 3.63) is 58.5 Å². The van der Waals surface area contributed by atoms with Crippen molar-refractivity contribution in [2.24, 2.45) is 0 Å². The highest BCUT2D eigenvalue weighted by molar-refractivity contribution is 8.18. The van der Waals surface area contributed by atoms with Crippen LogP contribution in [0.5, 0.6) is 0 Å². The molecular formula is C22H24FN5O2S. The zero-order valence-corrected chi connectivity index (χ0v) is 17.8. The Kier molecular flexibility index (Phi) is 6.93. The molecule has 0 atom stereocenters. The third-order valence-electron chi connectivity index (χ3n) is 5.42. The molecule has 4 rings (SSSR count). The van der Waals surface area contributed by atoms with Gasteiger partial charge < -0.3 is 10.6 Å². The summed E-state index contributed by atoms with van der Waals surface area (Å²) in [7, 11) is 0. The first-order valence-electron chi connectivity index (χ1n) is 10.4. The molecule has 1 aliphatic carbocycles. The minimum Gasteiger partial charge on any atom is -0.351 e. The third-order valence-corrected chi connectivity index (χ3v) is 6.23. The summed E-state index contributed by atoms with van der Waals surface area (Å²) in [5.41, 5.74) is 1.72. The standard InChI is InChI=1S/C22H24FN5O2S/c23-15-3-1-14(2-4-15)9-11-24-16-5-7-17(8-6-16)26-21-25-12-10-18(27-21)13-19-20(29)28-22(30)31-19/h1-4,10,12-13,16-17,24H,5-9,11H2,(H,25,26,27)(H,28,29,30)/b19-13-/t16-,17-. The molecule has 2 heterocycles. The molecule has 1 aromatic carbocycles. The molecule has 162 valence electrons. The van der Waals surface area contributed by atoms with Crippen molar-refractivity contribution in [3.63, 3.8) is 0 Å². The van der Waals surface area contributed by atoms with E-state index < -0.39 is 5.91 Å². The van der Waals surface area contributed by atoms with E-state index in [0.717, 1.165) is 56.0 Å². The van der Waals surface area contributed by atoms with Crippen LogP contribution in [-0.2, 0) is 11.2 Å². The van der Waals surface area contributed by atoms with Gasteiger partial charge in [0.05, 0.1) is 10.6 Å². The fraction of sp³-hybridized carbons (Fsp3) is 0.364. The summed E-state index contributed by atoms with van der Waals surface area (Å²) in [5, 5.41) is 8.85. The lowest BCUT2D eigenvalue weighted by atomic mass is 9.91. The third kappa shape index (κ3) is 6.11.